The summed E-state index contributed by atoms with van der Waals surface area (Å²) in [6.07, 6.45) is 0. The van der Waals surface area contributed by atoms with Crippen molar-refractivity contribution >= 4 is 12.4 Å². The van der Waals surface area contributed by atoms with Crippen LogP contribution in [0.15, 0.2) is 18.2 Å². The average Bonchev–Trinajstić information content (AvgIpc) is 1.92. The fraction of sp³-hybridized carbons (Fsp3) is 0.333. The molecule has 3 heteroatoms. The molecule has 1 aromatic rings. The van der Waals surface area contributed by atoms with Crippen molar-refractivity contribution in [1.82, 2.24) is 0 Å². The monoisotopic (exact) mass is 184 g/mol. The van der Waals surface area contributed by atoms with Crippen LogP contribution < -0.4 is 5.30 Å². The first-order valence-electron chi connectivity index (χ1n) is 3.76. The average molecular weight is 184 g/mol. The van der Waals surface area contributed by atoms with Crippen LogP contribution in [-0.2, 0) is 4.57 Å². The van der Waals surface area contributed by atoms with Gasteiger partial charge in [-0.25, -0.2) is 0 Å². The van der Waals surface area contributed by atoms with Gasteiger partial charge in [0.25, 0.3) is 0 Å². The summed E-state index contributed by atoms with van der Waals surface area (Å²) in [7, 11) is -2.33. The van der Waals surface area contributed by atoms with Crippen LogP contribution in [0.1, 0.15) is 5.56 Å². The molecule has 0 aliphatic carbocycles. The van der Waals surface area contributed by atoms with Gasteiger partial charge in [0.15, 0.2) is 0 Å². The van der Waals surface area contributed by atoms with Gasteiger partial charge in [0.1, 0.15) is 12.9 Å². The summed E-state index contributed by atoms with van der Waals surface area (Å²) in [5, 5.41) is 9.97. The highest BCUT2D eigenvalue weighted by atomic mass is 31.2. The van der Waals surface area contributed by atoms with Gasteiger partial charge in [-0.05, 0) is 32.4 Å². The summed E-state index contributed by atoms with van der Waals surface area (Å²) in [6, 6.07) is 5.16. The molecular formula is C9H13O2P. The first kappa shape index (κ1) is 9.34. The second-order valence-electron chi connectivity index (χ2n) is 3.34. The van der Waals surface area contributed by atoms with Crippen LogP contribution >= 0.6 is 7.14 Å². The summed E-state index contributed by atoms with van der Waals surface area (Å²) < 4.78 is 11.6. The third-order valence-corrected chi connectivity index (χ3v) is 3.23. The smallest absolute Gasteiger partial charge is 0.126 e. The molecule has 0 atom stereocenters. The van der Waals surface area contributed by atoms with Crippen molar-refractivity contribution in [1.29, 1.82) is 0 Å². The van der Waals surface area contributed by atoms with Crippen molar-refractivity contribution in [2.24, 2.45) is 0 Å². The molecule has 0 aromatic heterocycles. The third kappa shape index (κ3) is 1.89. The Morgan fingerprint density at radius 1 is 1.33 bits per heavy atom. The molecule has 2 nitrogen and oxygen atoms in total. The van der Waals surface area contributed by atoms with E-state index in [4.69, 9.17) is 0 Å². The number of hydrogen-bond acceptors (Lipinski definition) is 2. The predicted octanol–water partition coefficient (Wildman–Crippen LogP) is 1.95. The van der Waals surface area contributed by atoms with Crippen molar-refractivity contribution in [3.63, 3.8) is 0 Å². The number of aryl methyl sites for hydroxylation is 1. The molecule has 0 fully saturated rings. The Morgan fingerprint density at radius 3 is 2.33 bits per heavy atom. The second kappa shape index (κ2) is 2.95. The van der Waals surface area contributed by atoms with E-state index < -0.39 is 7.14 Å². The fourth-order valence-electron chi connectivity index (χ4n) is 1.06. The standard InChI is InChI=1S/C9H13O2P/c1-7-4-5-8(10)9(6-7)12(2,3)11/h4-6,10H,1-3H3. The van der Waals surface area contributed by atoms with E-state index in [1.807, 2.05) is 6.92 Å². The van der Waals surface area contributed by atoms with Gasteiger partial charge in [-0.2, -0.15) is 0 Å². The maximum Gasteiger partial charge on any atom is 0.126 e. The van der Waals surface area contributed by atoms with E-state index in [-0.39, 0.29) is 5.75 Å². The molecule has 66 valence electrons. The van der Waals surface area contributed by atoms with Crippen molar-refractivity contribution in [3.8, 4) is 5.75 Å². The zero-order valence-electron chi connectivity index (χ0n) is 7.53. The van der Waals surface area contributed by atoms with Gasteiger partial charge in [0, 0.05) is 0 Å². The largest absolute Gasteiger partial charge is 0.507 e. The van der Waals surface area contributed by atoms with Gasteiger partial charge in [0.05, 0.1) is 5.30 Å². The highest BCUT2D eigenvalue weighted by Crippen LogP contribution is 2.38. The zero-order chi connectivity index (χ0) is 9.35. The molecule has 1 N–H and O–H groups in total. The summed E-state index contributed by atoms with van der Waals surface area (Å²) in [6.45, 7) is 5.22. The molecule has 0 saturated heterocycles. The van der Waals surface area contributed by atoms with Crippen LogP contribution in [0.4, 0.5) is 0 Å². The van der Waals surface area contributed by atoms with E-state index in [0.29, 0.717) is 5.30 Å². The Hall–Kier alpha value is -0.750. The molecule has 12 heavy (non-hydrogen) atoms. The maximum absolute atomic E-state index is 11.6. The molecule has 0 amide bonds. The van der Waals surface area contributed by atoms with Crippen LogP contribution in [0.5, 0.6) is 5.75 Å². The quantitative estimate of drug-likeness (QED) is 0.677. The minimum Gasteiger partial charge on any atom is -0.507 e. The minimum absolute atomic E-state index is 0.133. The van der Waals surface area contributed by atoms with E-state index in [0.717, 1.165) is 5.56 Å². The molecule has 0 spiro atoms. The lowest BCUT2D eigenvalue weighted by Gasteiger charge is -2.09. The van der Waals surface area contributed by atoms with Crippen LogP contribution in [0.25, 0.3) is 0 Å². The van der Waals surface area contributed by atoms with Gasteiger partial charge in [0.2, 0.25) is 0 Å². The van der Waals surface area contributed by atoms with Gasteiger partial charge < -0.3 is 9.67 Å². The number of phenols is 1. The van der Waals surface area contributed by atoms with Crippen LogP contribution in [0.3, 0.4) is 0 Å². The second-order valence-corrected chi connectivity index (χ2v) is 6.53. The van der Waals surface area contributed by atoms with Crippen molar-refractivity contribution < 1.29 is 9.67 Å². The molecule has 0 radical (unpaired) electrons. The molecule has 0 aliphatic rings. The number of rotatable bonds is 1. The Kier molecular flexibility index (Phi) is 2.29. The number of hydrogen-bond donors (Lipinski definition) is 1. The van der Waals surface area contributed by atoms with Crippen molar-refractivity contribution in [2.75, 3.05) is 13.3 Å². The Balaban J connectivity index is 3.33. The van der Waals surface area contributed by atoms with E-state index in [1.54, 1.807) is 31.5 Å². The Morgan fingerprint density at radius 2 is 1.92 bits per heavy atom. The number of benzene rings is 1. The van der Waals surface area contributed by atoms with Gasteiger partial charge in [-0.3, -0.25) is 0 Å². The Bertz CT molecular complexity index is 338. The predicted molar refractivity (Wildman–Crippen MR) is 51.9 cm³/mol. The fourth-order valence-corrected chi connectivity index (χ4v) is 2.21. The van der Waals surface area contributed by atoms with E-state index in [9.17, 15) is 9.67 Å². The van der Waals surface area contributed by atoms with Crippen LogP contribution in [0, 0.1) is 6.92 Å². The molecule has 1 rings (SSSR count). The first-order chi connectivity index (χ1) is 5.41. The summed E-state index contributed by atoms with van der Waals surface area (Å²) in [5.41, 5.74) is 1.02. The number of phenolic OH excluding ortho intramolecular Hbond substituents is 1. The van der Waals surface area contributed by atoms with Crippen molar-refractivity contribution in [2.45, 2.75) is 6.92 Å². The van der Waals surface area contributed by atoms with E-state index >= 15 is 0 Å². The SMILES string of the molecule is Cc1ccc(O)c(P(C)(C)=O)c1. The molecule has 0 unspecified atom stereocenters. The van der Waals surface area contributed by atoms with E-state index in [2.05, 4.69) is 0 Å². The third-order valence-electron chi connectivity index (χ3n) is 1.71. The normalized spacial score (nSPS) is 11.6. The molecule has 0 bridgehead atoms. The lowest BCUT2D eigenvalue weighted by atomic mass is 10.2. The molecule has 0 saturated carbocycles. The summed E-state index contributed by atoms with van der Waals surface area (Å²) in [5.74, 6) is 0.133. The Labute approximate surface area is 72.6 Å². The summed E-state index contributed by atoms with van der Waals surface area (Å²) in [4.78, 5) is 0. The van der Waals surface area contributed by atoms with Crippen LogP contribution in [0.2, 0.25) is 0 Å². The zero-order valence-corrected chi connectivity index (χ0v) is 8.43. The topological polar surface area (TPSA) is 37.3 Å². The highest BCUT2D eigenvalue weighted by Gasteiger charge is 2.15. The van der Waals surface area contributed by atoms with Crippen molar-refractivity contribution in [3.05, 3.63) is 23.8 Å². The molecule has 0 heterocycles. The number of aromatic hydroxyl groups is 1. The van der Waals surface area contributed by atoms with Gasteiger partial charge >= 0.3 is 0 Å². The minimum atomic E-state index is -2.33. The van der Waals surface area contributed by atoms with Gasteiger partial charge in [-0.15, -0.1) is 0 Å². The first-order valence-corrected chi connectivity index (χ1v) is 6.36. The van der Waals surface area contributed by atoms with Gasteiger partial charge in [-0.1, -0.05) is 11.6 Å². The maximum atomic E-state index is 11.6. The lowest BCUT2D eigenvalue weighted by Crippen LogP contribution is -2.03. The van der Waals surface area contributed by atoms with Crippen LogP contribution in [-0.4, -0.2) is 18.4 Å². The summed E-state index contributed by atoms with van der Waals surface area (Å²) >= 11 is 0. The lowest BCUT2D eigenvalue weighted by molar-refractivity contribution is 0.478. The molecular weight excluding hydrogens is 171 g/mol. The highest BCUT2D eigenvalue weighted by molar-refractivity contribution is 7.70. The molecule has 1 aromatic carbocycles. The molecule has 0 aliphatic heterocycles. The van der Waals surface area contributed by atoms with E-state index in [1.165, 1.54) is 0 Å².